The molecular formula is C16H11ClN2O4. The Morgan fingerprint density at radius 3 is 2.70 bits per heavy atom. The number of rotatable bonds is 5. The molecule has 0 bridgehead atoms. The minimum absolute atomic E-state index is 0.0738. The van der Waals surface area contributed by atoms with E-state index in [9.17, 15) is 10.1 Å². The first-order valence-electron chi connectivity index (χ1n) is 6.70. The fourth-order valence-corrected chi connectivity index (χ4v) is 2.20. The van der Waals surface area contributed by atoms with Crippen molar-refractivity contribution in [2.45, 2.75) is 6.61 Å². The molecule has 0 saturated heterocycles. The monoisotopic (exact) mass is 330 g/mol. The number of halogens is 1. The average Bonchev–Trinajstić information content (AvgIpc) is 3.03. The number of hydrogen-bond acceptors (Lipinski definition) is 5. The van der Waals surface area contributed by atoms with E-state index < -0.39 is 4.92 Å². The predicted octanol–water partition coefficient (Wildman–Crippen LogP) is 4.48. The standard InChI is InChI=1S/C16H11ClN2O4/c17-13-8-12(19(20)21)6-7-14(13)22-10-16-18-9-15(23-16)11-4-2-1-3-5-11/h1-9H,10H2. The van der Waals surface area contributed by atoms with Crippen molar-refractivity contribution in [3.63, 3.8) is 0 Å². The first-order valence-corrected chi connectivity index (χ1v) is 7.08. The molecule has 0 spiro atoms. The largest absolute Gasteiger partial charge is 0.482 e. The number of nitrogens with zero attached hydrogens (tertiary/aromatic N) is 2. The van der Waals surface area contributed by atoms with Crippen LogP contribution in [-0.4, -0.2) is 9.91 Å². The molecule has 0 aliphatic heterocycles. The van der Waals surface area contributed by atoms with Crippen molar-refractivity contribution in [2.24, 2.45) is 0 Å². The number of hydrogen-bond donors (Lipinski definition) is 0. The molecule has 1 heterocycles. The number of non-ortho nitro benzene ring substituents is 1. The van der Waals surface area contributed by atoms with Gasteiger partial charge in [0, 0.05) is 17.7 Å². The van der Waals surface area contributed by atoms with Gasteiger partial charge in [-0.1, -0.05) is 41.9 Å². The summed E-state index contributed by atoms with van der Waals surface area (Å²) in [6.45, 7) is 0.0738. The Hall–Kier alpha value is -2.86. The summed E-state index contributed by atoms with van der Waals surface area (Å²) in [6, 6.07) is 13.6. The summed E-state index contributed by atoms with van der Waals surface area (Å²) in [5.41, 5.74) is 0.824. The molecule has 116 valence electrons. The normalized spacial score (nSPS) is 10.5. The Kier molecular flexibility index (Phi) is 4.25. The molecule has 3 rings (SSSR count). The number of nitro benzene ring substituents is 1. The lowest BCUT2D eigenvalue weighted by molar-refractivity contribution is -0.384. The topological polar surface area (TPSA) is 78.4 Å². The van der Waals surface area contributed by atoms with Crippen LogP contribution in [0.1, 0.15) is 5.89 Å². The van der Waals surface area contributed by atoms with Gasteiger partial charge in [0.05, 0.1) is 16.1 Å². The molecule has 23 heavy (non-hydrogen) atoms. The summed E-state index contributed by atoms with van der Waals surface area (Å²) < 4.78 is 11.1. The molecule has 0 N–H and O–H groups in total. The minimum Gasteiger partial charge on any atom is -0.482 e. The van der Waals surface area contributed by atoms with Crippen LogP contribution in [0.4, 0.5) is 5.69 Å². The summed E-state index contributed by atoms with van der Waals surface area (Å²) in [4.78, 5) is 14.3. The molecule has 0 aliphatic rings. The van der Waals surface area contributed by atoms with Gasteiger partial charge in [-0.15, -0.1) is 0 Å². The van der Waals surface area contributed by atoms with Crippen molar-refractivity contribution in [3.05, 3.63) is 75.8 Å². The van der Waals surface area contributed by atoms with Crippen molar-refractivity contribution < 1.29 is 14.1 Å². The van der Waals surface area contributed by atoms with Gasteiger partial charge in [-0.25, -0.2) is 4.98 Å². The molecule has 0 atom stereocenters. The third kappa shape index (κ3) is 3.49. The highest BCUT2D eigenvalue weighted by molar-refractivity contribution is 6.32. The molecule has 0 amide bonds. The lowest BCUT2D eigenvalue weighted by atomic mass is 10.2. The second-order valence-electron chi connectivity index (χ2n) is 4.64. The van der Waals surface area contributed by atoms with Crippen LogP contribution in [0.25, 0.3) is 11.3 Å². The van der Waals surface area contributed by atoms with E-state index >= 15 is 0 Å². The molecule has 7 heteroatoms. The molecular weight excluding hydrogens is 320 g/mol. The fourth-order valence-electron chi connectivity index (χ4n) is 1.97. The van der Waals surface area contributed by atoms with Gasteiger partial charge in [-0.2, -0.15) is 0 Å². The summed E-state index contributed by atoms with van der Waals surface area (Å²) in [6.07, 6.45) is 1.62. The number of nitro groups is 1. The van der Waals surface area contributed by atoms with Gasteiger partial charge in [-0.3, -0.25) is 10.1 Å². The van der Waals surface area contributed by atoms with Crippen LogP contribution in [0.15, 0.2) is 59.1 Å². The Morgan fingerprint density at radius 2 is 2.00 bits per heavy atom. The van der Waals surface area contributed by atoms with E-state index in [1.54, 1.807) is 6.20 Å². The SMILES string of the molecule is O=[N+]([O-])c1ccc(OCc2ncc(-c3ccccc3)o2)c(Cl)c1. The third-order valence-electron chi connectivity index (χ3n) is 3.09. The van der Waals surface area contributed by atoms with Gasteiger partial charge in [0.25, 0.3) is 5.69 Å². The molecule has 3 aromatic rings. The van der Waals surface area contributed by atoms with E-state index in [1.807, 2.05) is 30.3 Å². The van der Waals surface area contributed by atoms with Gasteiger partial charge in [0.2, 0.25) is 5.89 Å². The first kappa shape index (κ1) is 15.1. The van der Waals surface area contributed by atoms with Crippen molar-refractivity contribution in [1.29, 1.82) is 0 Å². The van der Waals surface area contributed by atoms with Crippen molar-refractivity contribution in [1.82, 2.24) is 4.98 Å². The van der Waals surface area contributed by atoms with Crippen LogP contribution >= 0.6 is 11.6 Å². The first-order chi connectivity index (χ1) is 11.1. The van der Waals surface area contributed by atoms with E-state index in [-0.39, 0.29) is 17.3 Å². The number of oxazole rings is 1. The highest BCUT2D eigenvalue weighted by Crippen LogP contribution is 2.29. The van der Waals surface area contributed by atoms with E-state index in [4.69, 9.17) is 20.8 Å². The Bertz CT molecular complexity index is 833. The summed E-state index contributed by atoms with van der Waals surface area (Å²) in [7, 11) is 0. The van der Waals surface area contributed by atoms with Gasteiger partial charge < -0.3 is 9.15 Å². The molecule has 2 aromatic carbocycles. The van der Waals surface area contributed by atoms with Crippen molar-refractivity contribution >= 4 is 17.3 Å². The van der Waals surface area contributed by atoms with E-state index in [1.165, 1.54) is 18.2 Å². The van der Waals surface area contributed by atoms with Gasteiger partial charge >= 0.3 is 0 Å². The summed E-state index contributed by atoms with van der Waals surface area (Å²) >= 11 is 5.96. The molecule has 0 aliphatic carbocycles. The zero-order valence-corrected chi connectivity index (χ0v) is 12.6. The van der Waals surface area contributed by atoms with Gasteiger partial charge in [-0.05, 0) is 6.07 Å². The number of aromatic nitrogens is 1. The van der Waals surface area contributed by atoms with Gasteiger partial charge in [0.15, 0.2) is 12.4 Å². The van der Waals surface area contributed by atoms with Crippen LogP contribution in [0.3, 0.4) is 0 Å². The lowest BCUT2D eigenvalue weighted by Crippen LogP contribution is -1.96. The van der Waals surface area contributed by atoms with Crippen molar-refractivity contribution in [2.75, 3.05) is 0 Å². The molecule has 0 saturated carbocycles. The molecule has 0 unspecified atom stereocenters. The molecule has 6 nitrogen and oxygen atoms in total. The van der Waals surface area contributed by atoms with Gasteiger partial charge in [0.1, 0.15) is 5.75 Å². The van der Waals surface area contributed by atoms with E-state index in [2.05, 4.69) is 4.98 Å². The Morgan fingerprint density at radius 1 is 1.22 bits per heavy atom. The van der Waals surface area contributed by atoms with Crippen LogP contribution < -0.4 is 4.74 Å². The Labute approximate surface area is 136 Å². The summed E-state index contributed by atoms with van der Waals surface area (Å²) in [5.74, 6) is 1.36. The lowest BCUT2D eigenvalue weighted by Gasteiger charge is -2.05. The molecule has 0 radical (unpaired) electrons. The predicted molar refractivity (Wildman–Crippen MR) is 84.4 cm³/mol. The minimum atomic E-state index is -0.518. The zero-order valence-electron chi connectivity index (χ0n) is 11.8. The van der Waals surface area contributed by atoms with Crippen molar-refractivity contribution in [3.8, 4) is 17.1 Å². The highest BCUT2D eigenvalue weighted by atomic mass is 35.5. The second-order valence-corrected chi connectivity index (χ2v) is 5.05. The second kappa shape index (κ2) is 6.50. The molecule has 1 aromatic heterocycles. The van der Waals surface area contributed by atoms with Crippen LogP contribution in [0.5, 0.6) is 5.75 Å². The fraction of sp³-hybridized carbons (Fsp3) is 0.0625. The van der Waals surface area contributed by atoms with E-state index in [0.29, 0.717) is 17.4 Å². The van der Waals surface area contributed by atoms with Crippen LogP contribution in [0.2, 0.25) is 5.02 Å². The van der Waals surface area contributed by atoms with Crippen LogP contribution in [-0.2, 0) is 6.61 Å². The maximum Gasteiger partial charge on any atom is 0.271 e. The number of ether oxygens (including phenoxy) is 1. The average molecular weight is 331 g/mol. The molecule has 0 fully saturated rings. The van der Waals surface area contributed by atoms with Crippen LogP contribution in [0, 0.1) is 10.1 Å². The maximum absolute atomic E-state index is 10.7. The van der Waals surface area contributed by atoms with E-state index in [0.717, 1.165) is 5.56 Å². The zero-order chi connectivity index (χ0) is 16.2. The summed E-state index contributed by atoms with van der Waals surface area (Å²) in [5, 5.41) is 10.8. The maximum atomic E-state index is 10.7. The third-order valence-corrected chi connectivity index (χ3v) is 3.38. The quantitative estimate of drug-likeness (QED) is 0.509. The smallest absolute Gasteiger partial charge is 0.271 e. The highest BCUT2D eigenvalue weighted by Gasteiger charge is 2.12. The number of benzene rings is 2. The Balaban J connectivity index is 1.70.